The third kappa shape index (κ3) is 5.57. The molecule has 12 bridgehead atoms. The van der Waals surface area contributed by atoms with Crippen molar-refractivity contribution in [1.29, 1.82) is 0 Å². The van der Waals surface area contributed by atoms with E-state index in [2.05, 4.69) is 156 Å². The fourth-order valence-corrected chi connectivity index (χ4v) is 7.87. The summed E-state index contributed by atoms with van der Waals surface area (Å²) in [7, 11) is 0. The van der Waals surface area contributed by atoms with Crippen LogP contribution in [0.4, 0.5) is 0 Å². The van der Waals surface area contributed by atoms with E-state index in [9.17, 15) is 0 Å². The molecule has 0 saturated carbocycles. The molecule has 1 N–H and O–H groups in total. The number of aromatic amines is 1. The third-order valence-electron chi connectivity index (χ3n) is 10.7. The maximum Gasteiger partial charge on any atom is 0.0928 e. The van der Waals surface area contributed by atoms with Crippen LogP contribution in [-0.2, 0) is 23.7 Å². The Morgan fingerprint density at radius 1 is 0.577 bits per heavy atom. The number of halogens is 1. The summed E-state index contributed by atoms with van der Waals surface area (Å²) in [5, 5.41) is 0.648. The van der Waals surface area contributed by atoms with Crippen molar-refractivity contribution >= 4 is 22.9 Å². The van der Waals surface area contributed by atoms with Gasteiger partial charge in [-0.05, 0) is 124 Å². The molecule has 0 saturated heterocycles. The molecule has 3 aromatic heterocycles. The van der Waals surface area contributed by atoms with Crippen LogP contribution in [0.2, 0.25) is 5.02 Å². The van der Waals surface area contributed by atoms with Crippen molar-refractivity contribution in [2.75, 3.05) is 0 Å². The average Bonchev–Trinajstić information content (AvgIpc) is 3.82. The van der Waals surface area contributed by atoms with Crippen LogP contribution in [0.15, 0.2) is 120 Å². The van der Waals surface area contributed by atoms with Gasteiger partial charge in [-0.3, -0.25) is 0 Å². The predicted octanol–water partition coefficient (Wildman–Crippen LogP) is 12.0. The van der Waals surface area contributed by atoms with Crippen LogP contribution >= 0.6 is 11.6 Å². The molecule has 0 unspecified atom stereocenters. The molecule has 0 radical (unpaired) electrons. The minimum absolute atomic E-state index is 0.0669. The highest BCUT2D eigenvalue weighted by Gasteiger charge is 2.27. The van der Waals surface area contributed by atoms with E-state index in [0.717, 1.165) is 91.8 Å². The van der Waals surface area contributed by atoms with Gasteiger partial charge in [-0.25, -0.2) is 15.0 Å². The summed E-state index contributed by atoms with van der Waals surface area (Å²) in [5.74, 6) is 0. The first-order valence-electron chi connectivity index (χ1n) is 18.2. The van der Waals surface area contributed by atoms with Gasteiger partial charge in [-0.2, -0.15) is 0 Å². The Morgan fingerprint density at radius 3 is 1.90 bits per heavy atom. The lowest BCUT2D eigenvalue weighted by Crippen LogP contribution is -2.13. The third-order valence-corrected chi connectivity index (χ3v) is 11.1. The second kappa shape index (κ2) is 11.9. The standard InChI is InChI=1S/C47H41ClN4/c1-46(2,3)32-23-30-22-31(24-32)37-16-14-28-12-13-29-15-17-39(52-45(29)44(28)51-37)35-26-33(47(4,5)6)25-34(43(35)48)38-19-21-41(50-38)42(27-10-8-7-9-11-27)40-20-18-36(30)49-40/h7-11,14-26,49H,12-13H2,1-6H3. The number of H-pyrrole nitrogens is 1. The van der Waals surface area contributed by atoms with Gasteiger partial charge in [-0.1, -0.05) is 95.6 Å². The molecule has 52 heavy (non-hydrogen) atoms. The molecule has 4 nitrogen and oxygen atoms in total. The number of aryl methyl sites for hydroxylation is 2. The molecule has 2 aliphatic heterocycles. The summed E-state index contributed by atoms with van der Waals surface area (Å²) >= 11 is 7.45. The van der Waals surface area contributed by atoms with Gasteiger partial charge in [0.05, 0.1) is 39.2 Å². The van der Waals surface area contributed by atoms with Gasteiger partial charge in [0.2, 0.25) is 0 Å². The maximum atomic E-state index is 7.45. The molecule has 0 amide bonds. The zero-order valence-corrected chi connectivity index (χ0v) is 31.3. The van der Waals surface area contributed by atoms with Gasteiger partial charge < -0.3 is 4.98 Å². The number of aromatic nitrogens is 3. The molecule has 9 rings (SSSR count). The van der Waals surface area contributed by atoms with Crippen molar-refractivity contribution in [2.24, 2.45) is 4.99 Å². The van der Waals surface area contributed by atoms with Crippen molar-refractivity contribution in [1.82, 2.24) is 15.0 Å². The number of allylic oxidation sites excluding steroid dienone is 2. The molecule has 0 spiro atoms. The summed E-state index contributed by atoms with van der Waals surface area (Å²) in [4.78, 5) is 19.9. The molecule has 5 heterocycles. The van der Waals surface area contributed by atoms with E-state index < -0.39 is 0 Å². The van der Waals surface area contributed by atoms with Gasteiger partial charge in [-0.15, -0.1) is 0 Å². The Morgan fingerprint density at radius 2 is 1.19 bits per heavy atom. The number of benzene rings is 3. The van der Waals surface area contributed by atoms with Crippen LogP contribution in [-0.4, -0.2) is 20.7 Å². The summed E-state index contributed by atoms with van der Waals surface area (Å²) in [6.07, 6.45) is 6.08. The lowest BCUT2D eigenvalue weighted by atomic mass is 9.83. The van der Waals surface area contributed by atoms with Crippen LogP contribution in [0, 0.1) is 0 Å². The van der Waals surface area contributed by atoms with E-state index in [1.165, 1.54) is 22.3 Å². The normalized spacial score (nSPS) is 14.6. The topological polar surface area (TPSA) is 53.9 Å². The van der Waals surface area contributed by atoms with Crippen LogP contribution in [0.5, 0.6) is 0 Å². The van der Waals surface area contributed by atoms with Gasteiger partial charge in [0.15, 0.2) is 0 Å². The maximum absolute atomic E-state index is 7.45. The largest absolute Gasteiger partial charge is 0.354 e. The number of fused-ring (bicyclic) bond motifs is 13. The molecular weight excluding hydrogens is 656 g/mol. The lowest BCUT2D eigenvalue weighted by Gasteiger charge is -2.24. The van der Waals surface area contributed by atoms with Crippen LogP contribution in [0.3, 0.4) is 0 Å². The van der Waals surface area contributed by atoms with Crippen LogP contribution in [0.25, 0.3) is 50.7 Å². The Balaban J connectivity index is 1.38. The van der Waals surface area contributed by atoms with E-state index >= 15 is 0 Å². The number of hydrogen-bond donors (Lipinski definition) is 1. The molecule has 6 aromatic rings. The Labute approximate surface area is 311 Å². The second-order valence-corrected chi connectivity index (χ2v) is 16.7. The minimum Gasteiger partial charge on any atom is -0.354 e. The van der Waals surface area contributed by atoms with Crippen LogP contribution < -0.4 is 0 Å². The molecule has 0 atom stereocenters. The zero-order chi connectivity index (χ0) is 35.9. The monoisotopic (exact) mass is 696 g/mol. The zero-order valence-electron chi connectivity index (χ0n) is 30.5. The molecule has 256 valence electrons. The SMILES string of the molecule is CC(C)(C)c1cc2cc(c1)-c1ccc([nH]1)C(c1ccccc1)=C1C=CC(=N1)c1cc(C(C)(C)C)cc(c1Cl)-c1ccc3c(n1)-c1nc-2ccc1CC3. The van der Waals surface area contributed by atoms with Crippen molar-refractivity contribution in [2.45, 2.75) is 65.2 Å². The van der Waals surface area contributed by atoms with Gasteiger partial charge in [0, 0.05) is 33.7 Å². The van der Waals surface area contributed by atoms with Crippen molar-refractivity contribution in [3.8, 4) is 45.2 Å². The molecule has 3 aromatic carbocycles. The second-order valence-electron chi connectivity index (χ2n) is 16.3. The van der Waals surface area contributed by atoms with Crippen molar-refractivity contribution in [3.63, 3.8) is 0 Å². The fourth-order valence-electron chi connectivity index (χ4n) is 7.57. The predicted molar refractivity (Wildman–Crippen MR) is 216 cm³/mol. The first kappa shape index (κ1) is 32.6. The van der Waals surface area contributed by atoms with E-state index in [1.807, 2.05) is 0 Å². The summed E-state index contributed by atoms with van der Waals surface area (Å²) in [5.41, 5.74) is 18.2. The van der Waals surface area contributed by atoms with E-state index in [1.54, 1.807) is 0 Å². The summed E-state index contributed by atoms with van der Waals surface area (Å²) in [6.45, 7) is 13.5. The van der Waals surface area contributed by atoms with Crippen molar-refractivity contribution in [3.05, 3.63) is 159 Å². The molecule has 1 aliphatic carbocycles. The number of aliphatic imine (C=N–C) groups is 1. The first-order valence-corrected chi connectivity index (χ1v) is 18.6. The minimum atomic E-state index is -0.127. The number of pyridine rings is 2. The van der Waals surface area contributed by atoms with E-state index in [-0.39, 0.29) is 10.8 Å². The summed E-state index contributed by atoms with van der Waals surface area (Å²) in [6, 6.07) is 34.9. The molecular formula is C47H41ClN4. The summed E-state index contributed by atoms with van der Waals surface area (Å²) < 4.78 is 0. The van der Waals surface area contributed by atoms with Gasteiger partial charge in [0.1, 0.15) is 0 Å². The van der Waals surface area contributed by atoms with E-state index in [4.69, 9.17) is 26.6 Å². The number of hydrogen-bond acceptors (Lipinski definition) is 3. The highest BCUT2D eigenvalue weighted by atomic mass is 35.5. The smallest absolute Gasteiger partial charge is 0.0928 e. The highest BCUT2D eigenvalue weighted by Crippen LogP contribution is 2.42. The molecule has 0 fully saturated rings. The highest BCUT2D eigenvalue weighted by molar-refractivity contribution is 6.38. The Bertz CT molecular complexity index is 2530. The van der Waals surface area contributed by atoms with E-state index in [0.29, 0.717) is 5.02 Å². The quantitative estimate of drug-likeness (QED) is 0.186. The average molecular weight is 697 g/mol. The number of rotatable bonds is 1. The van der Waals surface area contributed by atoms with Crippen LogP contribution in [0.1, 0.15) is 80.6 Å². The van der Waals surface area contributed by atoms with Gasteiger partial charge in [0.25, 0.3) is 0 Å². The fraction of sp³-hybridized carbons (Fsp3) is 0.213. The van der Waals surface area contributed by atoms with Gasteiger partial charge >= 0.3 is 0 Å². The number of nitrogens with zero attached hydrogens (tertiary/aromatic N) is 3. The Hall–Kier alpha value is -5.32. The lowest BCUT2D eigenvalue weighted by molar-refractivity contribution is 0.590. The molecule has 5 heteroatoms. The first-order chi connectivity index (χ1) is 24.9. The number of nitrogens with one attached hydrogen (secondary N) is 1. The Kier molecular flexibility index (Phi) is 7.43. The molecule has 3 aliphatic rings. The van der Waals surface area contributed by atoms with Crippen molar-refractivity contribution < 1.29 is 0 Å².